The van der Waals surface area contributed by atoms with E-state index in [0.29, 0.717) is 23.0 Å². The molecular weight excluding hydrogens is 220 g/mol. The summed E-state index contributed by atoms with van der Waals surface area (Å²) in [6.45, 7) is 1.64. The van der Waals surface area contributed by atoms with E-state index in [0.717, 1.165) is 0 Å². The molecule has 3 rings (SSSR count). The zero-order chi connectivity index (χ0) is 12.0. The number of hydrogen-bond acceptors (Lipinski definition) is 4. The molecule has 0 bridgehead atoms. The molecule has 1 aliphatic heterocycles. The van der Waals surface area contributed by atoms with Gasteiger partial charge in [0, 0.05) is 6.42 Å². The van der Waals surface area contributed by atoms with Gasteiger partial charge in [0.25, 0.3) is 5.95 Å². The van der Waals surface area contributed by atoms with Gasteiger partial charge < -0.3 is 14.3 Å². The highest BCUT2D eigenvalue weighted by atomic mass is 16.6. The van der Waals surface area contributed by atoms with Gasteiger partial charge in [0.05, 0.1) is 17.1 Å². The van der Waals surface area contributed by atoms with Gasteiger partial charge in [-0.2, -0.15) is 0 Å². The summed E-state index contributed by atoms with van der Waals surface area (Å²) in [6.07, 6.45) is -0.612. The zero-order valence-corrected chi connectivity index (χ0v) is 9.34. The maximum absolute atomic E-state index is 12.2. The molecule has 0 radical (unpaired) electrons. The van der Waals surface area contributed by atoms with Crippen LogP contribution in [0.15, 0.2) is 33.5 Å². The predicted octanol–water partition coefficient (Wildman–Crippen LogP) is 1.48. The highest BCUT2D eigenvalue weighted by molar-refractivity contribution is 5.77. The van der Waals surface area contributed by atoms with Crippen LogP contribution in [-0.4, -0.2) is 17.3 Å². The minimum atomic E-state index is -0.625. The summed E-state index contributed by atoms with van der Waals surface area (Å²) >= 11 is 0. The first-order valence-corrected chi connectivity index (χ1v) is 5.56. The van der Waals surface area contributed by atoms with Crippen LogP contribution in [0.3, 0.4) is 0 Å². The van der Waals surface area contributed by atoms with Gasteiger partial charge in [-0.25, -0.2) is 0 Å². The van der Waals surface area contributed by atoms with Crippen molar-refractivity contribution in [2.24, 2.45) is 0 Å². The van der Waals surface area contributed by atoms with Crippen molar-refractivity contribution >= 4 is 11.0 Å². The lowest BCUT2D eigenvalue weighted by molar-refractivity contribution is 0.0511. The van der Waals surface area contributed by atoms with E-state index in [4.69, 9.17) is 9.15 Å². The Labute approximate surface area is 97.4 Å². The predicted molar refractivity (Wildman–Crippen MR) is 62.3 cm³/mol. The van der Waals surface area contributed by atoms with Gasteiger partial charge in [-0.05, 0) is 19.1 Å². The fourth-order valence-electron chi connectivity index (χ4n) is 2.08. The molecule has 0 spiro atoms. The molecule has 17 heavy (non-hydrogen) atoms. The first-order valence-electron chi connectivity index (χ1n) is 5.56. The second kappa shape index (κ2) is 3.60. The quantitative estimate of drug-likeness (QED) is 0.809. The molecule has 1 aromatic carbocycles. The van der Waals surface area contributed by atoms with E-state index in [1.54, 1.807) is 31.2 Å². The molecule has 1 aromatic heterocycles. The van der Waals surface area contributed by atoms with Gasteiger partial charge in [-0.1, -0.05) is 12.1 Å². The number of fused-ring (bicyclic) bond motifs is 2. The first-order chi connectivity index (χ1) is 8.16. The van der Waals surface area contributed by atoms with Crippen molar-refractivity contribution in [2.75, 3.05) is 0 Å². The average Bonchev–Trinajstić information content (AvgIpc) is 2.74. The molecule has 1 aliphatic rings. The van der Waals surface area contributed by atoms with Crippen LogP contribution in [-0.2, 0) is 6.42 Å². The summed E-state index contributed by atoms with van der Waals surface area (Å²) < 4.78 is 11.0. The van der Waals surface area contributed by atoms with Crippen LogP contribution in [0.1, 0.15) is 12.5 Å². The minimum Gasteiger partial charge on any atom is -0.458 e. The van der Waals surface area contributed by atoms with E-state index in [1.165, 1.54) is 0 Å². The molecule has 2 aromatic rings. The molecule has 88 valence electrons. The van der Waals surface area contributed by atoms with E-state index in [-0.39, 0.29) is 11.4 Å². The SMILES string of the molecule is CC(O)C1Cc2c(oc3ccccc3c2=O)O1. The van der Waals surface area contributed by atoms with Crippen LogP contribution in [0.4, 0.5) is 0 Å². The highest BCUT2D eigenvalue weighted by Crippen LogP contribution is 2.30. The van der Waals surface area contributed by atoms with Gasteiger partial charge in [0.1, 0.15) is 11.7 Å². The third kappa shape index (κ3) is 1.52. The van der Waals surface area contributed by atoms with Crippen LogP contribution in [0.2, 0.25) is 0 Å². The van der Waals surface area contributed by atoms with E-state index in [1.807, 2.05) is 0 Å². The topological polar surface area (TPSA) is 59.7 Å². The van der Waals surface area contributed by atoms with Crippen LogP contribution < -0.4 is 10.2 Å². The summed E-state index contributed by atoms with van der Waals surface area (Å²) in [5.74, 6) is 0.250. The molecule has 2 unspecified atom stereocenters. The normalized spacial score (nSPS) is 20.0. The molecule has 0 saturated carbocycles. The van der Waals surface area contributed by atoms with E-state index < -0.39 is 12.2 Å². The molecular formula is C13H12O4. The lowest BCUT2D eigenvalue weighted by Crippen LogP contribution is -2.27. The number of benzene rings is 1. The van der Waals surface area contributed by atoms with Gasteiger partial charge >= 0.3 is 0 Å². The Balaban J connectivity index is 2.21. The molecule has 4 heteroatoms. The second-order valence-electron chi connectivity index (χ2n) is 4.29. The van der Waals surface area contributed by atoms with Crippen molar-refractivity contribution in [3.63, 3.8) is 0 Å². The third-order valence-corrected chi connectivity index (χ3v) is 3.06. The zero-order valence-electron chi connectivity index (χ0n) is 9.34. The van der Waals surface area contributed by atoms with E-state index >= 15 is 0 Å². The molecule has 0 saturated heterocycles. The van der Waals surface area contributed by atoms with Crippen molar-refractivity contribution < 1.29 is 14.3 Å². The summed E-state index contributed by atoms with van der Waals surface area (Å²) in [6, 6.07) is 7.07. The number of rotatable bonds is 1. The third-order valence-electron chi connectivity index (χ3n) is 3.06. The molecule has 0 aliphatic carbocycles. The Hall–Kier alpha value is -1.81. The number of aliphatic hydroxyl groups is 1. The summed E-state index contributed by atoms with van der Waals surface area (Å²) in [4.78, 5) is 12.2. The molecule has 4 nitrogen and oxygen atoms in total. The Morgan fingerprint density at radius 3 is 2.94 bits per heavy atom. The lowest BCUT2D eigenvalue weighted by atomic mass is 10.1. The Bertz CT molecular complexity index is 627. The van der Waals surface area contributed by atoms with Crippen LogP contribution in [0, 0.1) is 0 Å². The number of hydrogen-bond donors (Lipinski definition) is 1. The summed E-state index contributed by atoms with van der Waals surface area (Å²) in [5, 5.41) is 10.0. The monoisotopic (exact) mass is 232 g/mol. The molecule has 2 atom stereocenters. The Morgan fingerprint density at radius 2 is 2.18 bits per heavy atom. The van der Waals surface area contributed by atoms with Gasteiger partial charge in [0.15, 0.2) is 5.43 Å². The Kier molecular flexibility index (Phi) is 2.19. The van der Waals surface area contributed by atoms with Crippen molar-refractivity contribution in [2.45, 2.75) is 25.6 Å². The maximum Gasteiger partial charge on any atom is 0.292 e. The second-order valence-corrected chi connectivity index (χ2v) is 4.29. The number of para-hydroxylation sites is 1. The van der Waals surface area contributed by atoms with Crippen molar-refractivity contribution in [1.82, 2.24) is 0 Å². The van der Waals surface area contributed by atoms with E-state index in [2.05, 4.69) is 0 Å². The average molecular weight is 232 g/mol. The molecule has 0 fully saturated rings. The fourth-order valence-corrected chi connectivity index (χ4v) is 2.08. The van der Waals surface area contributed by atoms with Crippen molar-refractivity contribution in [1.29, 1.82) is 0 Å². The van der Waals surface area contributed by atoms with Crippen LogP contribution in [0.5, 0.6) is 5.95 Å². The maximum atomic E-state index is 12.2. The molecule has 2 heterocycles. The van der Waals surface area contributed by atoms with E-state index in [9.17, 15) is 9.90 Å². The van der Waals surface area contributed by atoms with Crippen molar-refractivity contribution in [3.05, 3.63) is 40.1 Å². The smallest absolute Gasteiger partial charge is 0.292 e. The van der Waals surface area contributed by atoms with Gasteiger partial charge in [0.2, 0.25) is 0 Å². The minimum absolute atomic E-state index is 0.0648. The van der Waals surface area contributed by atoms with Crippen LogP contribution in [0.25, 0.3) is 11.0 Å². The number of aliphatic hydroxyl groups excluding tert-OH is 1. The number of ether oxygens (including phenoxy) is 1. The molecule has 0 amide bonds. The Morgan fingerprint density at radius 1 is 1.41 bits per heavy atom. The molecule has 1 N–H and O–H groups in total. The largest absolute Gasteiger partial charge is 0.458 e. The fraction of sp³-hybridized carbons (Fsp3) is 0.308. The van der Waals surface area contributed by atoms with Gasteiger partial charge in [-0.15, -0.1) is 0 Å². The summed E-state index contributed by atoms with van der Waals surface area (Å²) in [5.41, 5.74) is 0.974. The highest BCUT2D eigenvalue weighted by Gasteiger charge is 2.31. The van der Waals surface area contributed by atoms with Crippen LogP contribution >= 0.6 is 0 Å². The standard InChI is InChI=1S/C13H12O4/c1-7(14)11-6-9-12(15)8-4-2-3-5-10(8)16-13(9)17-11/h2-5,7,11,14H,6H2,1H3. The lowest BCUT2D eigenvalue weighted by Gasteiger charge is -2.11. The van der Waals surface area contributed by atoms with Gasteiger partial charge in [-0.3, -0.25) is 4.79 Å². The van der Waals surface area contributed by atoms with Crippen molar-refractivity contribution in [3.8, 4) is 5.95 Å². The summed E-state index contributed by atoms with van der Waals surface area (Å²) in [7, 11) is 0. The first kappa shape index (κ1) is 10.4.